The molecule has 0 saturated carbocycles. The zero-order valence-electron chi connectivity index (χ0n) is 14.1. The van der Waals surface area contributed by atoms with Gasteiger partial charge in [0.2, 0.25) is 11.7 Å². The van der Waals surface area contributed by atoms with Gasteiger partial charge >= 0.3 is 0 Å². The molecule has 1 N–H and O–H groups in total. The van der Waals surface area contributed by atoms with E-state index in [4.69, 9.17) is 9.15 Å². The zero-order valence-corrected chi connectivity index (χ0v) is 14.1. The average molecular weight is 343 g/mol. The summed E-state index contributed by atoms with van der Waals surface area (Å²) in [7, 11) is 1.62. The molecule has 132 valence electrons. The number of carbonyl (C=O) groups is 2. The van der Waals surface area contributed by atoms with E-state index in [1.165, 1.54) is 12.6 Å². The van der Waals surface area contributed by atoms with E-state index in [0.29, 0.717) is 32.4 Å². The van der Waals surface area contributed by atoms with E-state index in [9.17, 15) is 9.59 Å². The Labute approximate surface area is 146 Å². The Balaban J connectivity index is 1.59. The van der Waals surface area contributed by atoms with Crippen LogP contribution in [0.5, 0.6) is 5.75 Å². The highest BCUT2D eigenvalue weighted by molar-refractivity contribution is 5.91. The van der Waals surface area contributed by atoms with Gasteiger partial charge in [-0.3, -0.25) is 9.59 Å². The summed E-state index contributed by atoms with van der Waals surface area (Å²) in [6.45, 7) is 1.14. The molecule has 0 aliphatic carbocycles. The van der Waals surface area contributed by atoms with Crippen molar-refractivity contribution in [2.24, 2.45) is 0 Å². The molecular formula is C18H21N3O4. The molecule has 2 aromatic rings. The summed E-state index contributed by atoms with van der Waals surface area (Å²) < 4.78 is 10.2. The molecule has 0 radical (unpaired) electrons. The summed E-state index contributed by atoms with van der Waals surface area (Å²) in [6, 6.07) is 7.64. The van der Waals surface area contributed by atoms with Gasteiger partial charge in [0.05, 0.1) is 13.3 Å². The number of benzene rings is 1. The topological polar surface area (TPSA) is 84.7 Å². The van der Waals surface area contributed by atoms with Crippen LogP contribution in [0.1, 0.15) is 35.4 Å². The van der Waals surface area contributed by atoms with E-state index < -0.39 is 0 Å². The summed E-state index contributed by atoms with van der Waals surface area (Å²) in [5.41, 5.74) is 1.02. The molecule has 1 aliphatic heterocycles. The third kappa shape index (κ3) is 4.37. The Hall–Kier alpha value is -2.83. The minimum absolute atomic E-state index is 0.0585. The first-order chi connectivity index (χ1) is 12.2. The molecule has 25 heavy (non-hydrogen) atoms. The number of nitrogens with zero attached hydrogens (tertiary/aromatic N) is 2. The molecule has 7 heteroatoms. The molecule has 1 unspecified atom stereocenters. The molecule has 0 bridgehead atoms. The van der Waals surface area contributed by atoms with Crippen LogP contribution in [0.15, 0.2) is 41.3 Å². The van der Waals surface area contributed by atoms with E-state index in [1.807, 2.05) is 29.2 Å². The van der Waals surface area contributed by atoms with Crippen molar-refractivity contribution < 1.29 is 18.7 Å². The third-order valence-corrected chi connectivity index (χ3v) is 4.31. The van der Waals surface area contributed by atoms with Crippen LogP contribution >= 0.6 is 0 Å². The van der Waals surface area contributed by atoms with Gasteiger partial charge in [0.15, 0.2) is 6.39 Å². The van der Waals surface area contributed by atoms with Gasteiger partial charge in [-0.2, -0.15) is 0 Å². The number of carbonyl (C=O) groups excluding carboxylic acids is 2. The van der Waals surface area contributed by atoms with Gasteiger partial charge < -0.3 is 19.4 Å². The van der Waals surface area contributed by atoms with Gasteiger partial charge in [-0.05, 0) is 30.5 Å². The van der Waals surface area contributed by atoms with Crippen LogP contribution < -0.4 is 10.1 Å². The Morgan fingerprint density at radius 2 is 2.32 bits per heavy atom. The number of hydrogen-bond acceptors (Lipinski definition) is 5. The van der Waals surface area contributed by atoms with Crippen molar-refractivity contribution in [1.82, 2.24) is 15.2 Å². The Kier molecular flexibility index (Phi) is 5.33. The molecule has 1 aromatic carbocycles. The molecular weight excluding hydrogens is 322 g/mol. The number of likely N-dealkylation sites (tertiary alicyclic amines) is 1. The lowest BCUT2D eigenvalue weighted by Crippen LogP contribution is -2.35. The predicted octanol–water partition coefficient (Wildman–Crippen LogP) is 1.99. The largest absolute Gasteiger partial charge is 0.497 e. The quantitative estimate of drug-likeness (QED) is 0.897. The van der Waals surface area contributed by atoms with E-state index in [1.54, 1.807) is 7.11 Å². The minimum atomic E-state index is -0.295. The van der Waals surface area contributed by atoms with Crippen molar-refractivity contribution in [3.8, 4) is 5.75 Å². The number of rotatable bonds is 5. The molecule has 7 nitrogen and oxygen atoms in total. The number of ether oxygens (including phenoxy) is 1. The Morgan fingerprint density at radius 1 is 1.44 bits per heavy atom. The van der Waals surface area contributed by atoms with Crippen LogP contribution in [-0.4, -0.2) is 41.4 Å². The highest BCUT2D eigenvalue weighted by atomic mass is 16.5. The normalized spacial score (nSPS) is 17.9. The van der Waals surface area contributed by atoms with Gasteiger partial charge in [0.1, 0.15) is 5.75 Å². The molecule has 0 spiro atoms. The van der Waals surface area contributed by atoms with Crippen molar-refractivity contribution >= 4 is 11.8 Å². The van der Waals surface area contributed by atoms with Crippen molar-refractivity contribution in [2.45, 2.75) is 31.8 Å². The van der Waals surface area contributed by atoms with Crippen LogP contribution in [0, 0.1) is 0 Å². The van der Waals surface area contributed by atoms with Crippen LogP contribution in [0.25, 0.3) is 0 Å². The summed E-state index contributed by atoms with van der Waals surface area (Å²) >= 11 is 0. The zero-order chi connectivity index (χ0) is 17.6. The van der Waals surface area contributed by atoms with Crippen LogP contribution in [0.3, 0.4) is 0 Å². The van der Waals surface area contributed by atoms with Crippen LogP contribution in [0.2, 0.25) is 0 Å². The maximum Gasteiger partial charge on any atom is 0.288 e. The average Bonchev–Trinajstić information content (AvgIpc) is 3.12. The first kappa shape index (κ1) is 17.0. The number of hydrogen-bond donors (Lipinski definition) is 1. The third-order valence-electron chi connectivity index (χ3n) is 4.31. The lowest BCUT2D eigenvalue weighted by molar-refractivity contribution is -0.131. The van der Waals surface area contributed by atoms with E-state index in [-0.39, 0.29) is 23.6 Å². The summed E-state index contributed by atoms with van der Waals surface area (Å²) in [5, 5.41) is 2.91. The minimum Gasteiger partial charge on any atom is -0.497 e. The van der Waals surface area contributed by atoms with Gasteiger partial charge in [-0.1, -0.05) is 12.1 Å². The van der Waals surface area contributed by atoms with Crippen molar-refractivity contribution in [3.63, 3.8) is 0 Å². The van der Waals surface area contributed by atoms with Crippen molar-refractivity contribution in [3.05, 3.63) is 48.2 Å². The number of oxazole rings is 1. The number of amides is 2. The Morgan fingerprint density at radius 3 is 3.08 bits per heavy atom. The van der Waals surface area contributed by atoms with Crippen LogP contribution in [-0.2, 0) is 11.3 Å². The second-order valence-corrected chi connectivity index (χ2v) is 6.03. The maximum absolute atomic E-state index is 12.4. The fraction of sp³-hybridized carbons (Fsp3) is 0.389. The highest BCUT2D eigenvalue weighted by Crippen LogP contribution is 2.18. The molecule has 1 atom stereocenters. The fourth-order valence-electron chi connectivity index (χ4n) is 2.92. The van der Waals surface area contributed by atoms with Gasteiger partial charge in [0.25, 0.3) is 5.91 Å². The molecule has 1 saturated heterocycles. The number of nitrogens with one attached hydrogen (secondary N) is 1. The second kappa shape index (κ2) is 7.83. The van der Waals surface area contributed by atoms with E-state index in [0.717, 1.165) is 11.3 Å². The first-order valence-corrected chi connectivity index (χ1v) is 8.26. The molecule has 1 fully saturated rings. The van der Waals surface area contributed by atoms with Gasteiger partial charge in [-0.15, -0.1) is 0 Å². The monoisotopic (exact) mass is 343 g/mol. The van der Waals surface area contributed by atoms with Gasteiger partial charge in [-0.25, -0.2) is 4.98 Å². The van der Waals surface area contributed by atoms with Crippen molar-refractivity contribution in [1.29, 1.82) is 0 Å². The number of aromatic nitrogens is 1. The lowest BCUT2D eigenvalue weighted by atomic mass is 10.1. The molecule has 1 aliphatic rings. The maximum atomic E-state index is 12.4. The standard InChI is InChI=1S/C18H21N3O4/c1-24-15-4-2-3-13(9-15)11-21-8-7-14(5-6-17(21)22)20-18(23)16-10-19-12-25-16/h2-4,9-10,12,14H,5-8,11H2,1H3,(H,20,23). The van der Waals surface area contributed by atoms with Gasteiger partial charge in [0, 0.05) is 25.6 Å². The summed E-state index contributed by atoms with van der Waals surface area (Å²) in [5.74, 6) is 0.760. The first-order valence-electron chi connectivity index (χ1n) is 8.26. The summed E-state index contributed by atoms with van der Waals surface area (Å²) in [4.78, 5) is 30.0. The molecule has 1 aromatic heterocycles. The lowest BCUT2D eigenvalue weighted by Gasteiger charge is -2.21. The predicted molar refractivity (Wildman–Crippen MR) is 90.0 cm³/mol. The van der Waals surface area contributed by atoms with Crippen molar-refractivity contribution in [2.75, 3.05) is 13.7 Å². The molecule has 3 rings (SSSR count). The summed E-state index contributed by atoms with van der Waals surface area (Å²) in [6.07, 6.45) is 4.34. The van der Waals surface area contributed by atoms with Crippen LogP contribution in [0.4, 0.5) is 0 Å². The second-order valence-electron chi connectivity index (χ2n) is 6.03. The SMILES string of the molecule is COc1cccc(CN2CCC(NC(=O)c3cnco3)CCC2=O)c1. The molecule has 2 amide bonds. The smallest absolute Gasteiger partial charge is 0.288 e. The van der Waals surface area contributed by atoms with E-state index in [2.05, 4.69) is 10.3 Å². The fourth-order valence-corrected chi connectivity index (χ4v) is 2.92. The highest BCUT2D eigenvalue weighted by Gasteiger charge is 2.24. The molecule has 2 heterocycles. The number of methoxy groups -OCH3 is 1. The van der Waals surface area contributed by atoms with E-state index >= 15 is 0 Å². The Bertz CT molecular complexity index is 730.